The molecule has 1 atom stereocenters. The average Bonchev–Trinajstić information content (AvgIpc) is 3.13. The van der Waals surface area contributed by atoms with Crippen LogP contribution in [0, 0.1) is 5.92 Å². The number of aromatic nitrogens is 1. The number of benzene rings is 3. The Morgan fingerprint density at radius 3 is 1.97 bits per heavy atom. The molecule has 1 fully saturated rings. The summed E-state index contributed by atoms with van der Waals surface area (Å²) in [6.07, 6.45) is 2.49. The van der Waals surface area contributed by atoms with Gasteiger partial charge in [-0.2, -0.15) is 0 Å². The first-order valence-electron chi connectivity index (χ1n) is 11.5. The fourth-order valence-electron chi connectivity index (χ4n) is 5.34. The molecule has 1 aliphatic rings. The maximum atomic E-state index is 5.30. The van der Waals surface area contributed by atoms with E-state index in [1.54, 1.807) is 7.11 Å². The molecule has 3 aromatic carbocycles. The highest BCUT2D eigenvalue weighted by molar-refractivity contribution is 6.07. The van der Waals surface area contributed by atoms with E-state index in [2.05, 4.69) is 89.2 Å². The number of para-hydroxylation sites is 2. The zero-order chi connectivity index (χ0) is 21.2. The minimum atomic E-state index is 0.608. The van der Waals surface area contributed by atoms with Gasteiger partial charge in [-0.05, 0) is 67.6 Å². The third-order valence-corrected chi connectivity index (χ3v) is 6.92. The predicted molar refractivity (Wildman–Crippen MR) is 130 cm³/mol. The lowest BCUT2D eigenvalue weighted by atomic mass is 9.89. The van der Waals surface area contributed by atoms with E-state index >= 15 is 0 Å². The minimum absolute atomic E-state index is 0.608. The Morgan fingerprint density at radius 1 is 0.806 bits per heavy atom. The van der Waals surface area contributed by atoms with Crippen molar-refractivity contribution in [2.24, 2.45) is 5.92 Å². The Bertz CT molecular complexity index is 1100. The number of hydrogen-bond donors (Lipinski definition) is 0. The van der Waals surface area contributed by atoms with Crippen LogP contribution in [0.15, 0.2) is 72.8 Å². The van der Waals surface area contributed by atoms with Gasteiger partial charge in [0.05, 0.1) is 7.11 Å². The SMILES string of the molecule is COc1ccc(C2CCN(C[C@H](C)Cn3c4ccccc4c4ccccc43)CC2)cc1. The molecule has 0 amide bonds. The van der Waals surface area contributed by atoms with Gasteiger partial charge in [0, 0.05) is 34.9 Å². The number of nitrogens with zero attached hydrogens (tertiary/aromatic N) is 2. The molecule has 0 aliphatic carbocycles. The molecular formula is C28H32N2O. The van der Waals surface area contributed by atoms with Crippen LogP contribution in [0.2, 0.25) is 0 Å². The quantitative estimate of drug-likeness (QED) is 0.369. The van der Waals surface area contributed by atoms with Crippen LogP contribution in [0.5, 0.6) is 5.75 Å². The van der Waals surface area contributed by atoms with Crippen LogP contribution in [0.4, 0.5) is 0 Å². The molecule has 3 heteroatoms. The van der Waals surface area contributed by atoms with E-state index in [1.165, 1.54) is 53.3 Å². The molecule has 160 valence electrons. The number of ether oxygens (including phenoxy) is 1. The van der Waals surface area contributed by atoms with E-state index in [4.69, 9.17) is 4.74 Å². The number of piperidine rings is 1. The summed E-state index contributed by atoms with van der Waals surface area (Å²) < 4.78 is 7.83. The third kappa shape index (κ3) is 4.07. The molecular weight excluding hydrogens is 380 g/mol. The zero-order valence-corrected chi connectivity index (χ0v) is 18.6. The fraction of sp³-hybridized carbons (Fsp3) is 0.357. The van der Waals surface area contributed by atoms with E-state index in [0.717, 1.165) is 18.8 Å². The van der Waals surface area contributed by atoms with E-state index < -0.39 is 0 Å². The molecule has 1 aromatic heterocycles. The zero-order valence-electron chi connectivity index (χ0n) is 18.6. The average molecular weight is 413 g/mol. The Kier molecular flexibility index (Phi) is 5.69. The summed E-state index contributed by atoms with van der Waals surface area (Å²) in [4.78, 5) is 2.67. The van der Waals surface area contributed by atoms with Crippen molar-refractivity contribution in [1.82, 2.24) is 9.47 Å². The molecule has 0 bridgehead atoms. The second kappa shape index (κ2) is 8.76. The van der Waals surface area contributed by atoms with Gasteiger partial charge in [-0.3, -0.25) is 0 Å². The van der Waals surface area contributed by atoms with Crippen molar-refractivity contribution >= 4 is 21.8 Å². The highest BCUT2D eigenvalue weighted by atomic mass is 16.5. The summed E-state index contributed by atoms with van der Waals surface area (Å²) in [5.74, 6) is 2.23. The van der Waals surface area contributed by atoms with Gasteiger partial charge in [0.2, 0.25) is 0 Å². The molecule has 0 N–H and O–H groups in total. The van der Waals surface area contributed by atoms with Gasteiger partial charge in [0.15, 0.2) is 0 Å². The summed E-state index contributed by atoms with van der Waals surface area (Å²) in [6.45, 7) is 7.00. The fourth-order valence-corrected chi connectivity index (χ4v) is 5.34. The van der Waals surface area contributed by atoms with E-state index in [9.17, 15) is 0 Å². The molecule has 3 nitrogen and oxygen atoms in total. The normalized spacial score (nSPS) is 16.7. The van der Waals surface area contributed by atoms with Gasteiger partial charge >= 0.3 is 0 Å². The summed E-state index contributed by atoms with van der Waals surface area (Å²) in [5, 5.41) is 2.73. The number of rotatable bonds is 6. The van der Waals surface area contributed by atoms with Gasteiger partial charge in [-0.25, -0.2) is 0 Å². The molecule has 2 heterocycles. The van der Waals surface area contributed by atoms with Crippen LogP contribution in [0.25, 0.3) is 21.8 Å². The second-order valence-electron chi connectivity index (χ2n) is 9.10. The number of hydrogen-bond acceptors (Lipinski definition) is 2. The van der Waals surface area contributed by atoms with Crippen molar-refractivity contribution in [3.8, 4) is 5.75 Å². The summed E-state index contributed by atoms with van der Waals surface area (Å²) in [5.41, 5.74) is 4.17. The Labute approximate surface area is 185 Å². The van der Waals surface area contributed by atoms with E-state index in [0.29, 0.717) is 11.8 Å². The van der Waals surface area contributed by atoms with Gasteiger partial charge in [-0.15, -0.1) is 0 Å². The molecule has 1 saturated heterocycles. The second-order valence-corrected chi connectivity index (χ2v) is 9.10. The first-order valence-corrected chi connectivity index (χ1v) is 11.5. The minimum Gasteiger partial charge on any atom is -0.497 e. The van der Waals surface area contributed by atoms with Crippen molar-refractivity contribution in [3.05, 3.63) is 78.4 Å². The molecule has 5 rings (SSSR count). The molecule has 4 aromatic rings. The lowest BCUT2D eigenvalue weighted by Crippen LogP contribution is -2.36. The molecule has 0 unspecified atom stereocenters. The van der Waals surface area contributed by atoms with Gasteiger partial charge in [-0.1, -0.05) is 55.5 Å². The van der Waals surface area contributed by atoms with Crippen LogP contribution in [0.1, 0.15) is 31.2 Å². The van der Waals surface area contributed by atoms with E-state index in [-0.39, 0.29) is 0 Å². The predicted octanol–water partition coefficient (Wildman–Crippen LogP) is 6.32. The van der Waals surface area contributed by atoms with Crippen LogP contribution < -0.4 is 4.74 Å². The van der Waals surface area contributed by atoms with Crippen molar-refractivity contribution in [1.29, 1.82) is 0 Å². The van der Waals surface area contributed by atoms with Crippen molar-refractivity contribution in [2.75, 3.05) is 26.7 Å². The largest absolute Gasteiger partial charge is 0.497 e. The van der Waals surface area contributed by atoms with Crippen LogP contribution in [-0.2, 0) is 6.54 Å². The Hall–Kier alpha value is -2.78. The number of likely N-dealkylation sites (tertiary alicyclic amines) is 1. The Morgan fingerprint density at radius 2 is 1.39 bits per heavy atom. The molecule has 0 spiro atoms. The van der Waals surface area contributed by atoms with Crippen LogP contribution >= 0.6 is 0 Å². The van der Waals surface area contributed by atoms with Crippen molar-refractivity contribution in [3.63, 3.8) is 0 Å². The molecule has 31 heavy (non-hydrogen) atoms. The highest BCUT2D eigenvalue weighted by Crippen LogP contribution is 2.31. The smallest absolute Gasteiger partial charge is 0.118 e. The van der Waals surface area contributed by atoms with E-state index in [1.807, 2.05) is 0 Å². The Balaban J connectivity index is 1.24. The highest BCUT2D eigenvalue weighted by Gasteiger charge is 2.22. The summed E-state index contributed by atoms with van der Waals surface area (Å²) in [6, 6.07) is 26.3. The number of methoxy groups -OCH3 is 1. The van der Waals surface area contributed by atoms with Gasteiger partial charge in [0.1, 0.15) is 5.75 Å². The summed E-state index contributed by atoms with van der Waals surface area (Å²) in [7, 11) is 1.73. The standard InChI is InChI=1S/C28H32N2O/c1-21(19-29-17-15-23(16-18-29)22-11-13-24(31-2)14-12-22)20-30-27-9-5-3-7-25(27)26-8-4-6-10-28(26)30/h3-14,21,23H,15-20H2,1-2H3/t21-/m0/s1. The lowest BCUT2D eigenvalue weighted by molar-refractivity contribution is 0.181. The van der Waals surface area contributed by atoms with Crippen molar-refractivity contribution < 1.29 is 4.74 Å². The van der Waals surface area contributed by atoms with Crippen LogP contribution in [0.3, 0.4) is 0 Å². The molecule has 0 radical (unpaired) electrons. The lowest BCUT2D eigenvalue weighted by Gasteiger charge is -2.34. The van der Waals surface area contributed by atoms with Crippen molar-refractivity contribution in [2.45, 2.75) is 32.2 Å². The maximum Gasteiger partial charge on any atom is 0.118 e. The summed E-state index contributed by atoms with van der Waals surface area (Å²) >= 11 is 0. The van der Waals surface area contributed by atoms with Gasteiger partial charge in [0.25, 0.3) is 0 Å². The molecule has 0 saturated carbocycles. The topological polar surface area (TPSA) is 17.4 Å². The monoisotopic (exact) mass is 412 g/mol. The number of fused-ring (bicyclic) bond motifs is 3. The first-order chi connectivity index (χ1) is 15.2. The first kappa shape index (κ1) is 20.1. The maximum absolute atomic E-state index is 5.30. The van der Waals surface area contributed by atoms with Crippen LogP contribution in [-0.4, -0.2) is 36.2 Å². The molecule has 1 aliphatic heterocycles. The van der Waals surface area contributed by atoms with Gasteiger partial charge < -0.3 is 14.2 Å². The third-order valence-electron chi connectivity index (χ3n) is 6.92.